The van der Waals surface area contributed by atoms with Crippen LogP contribution in [0.3, 0.4) is 0 Å². The fraction of sp³-hybridized carbons (Fsp3) is 1.00. The molecule has 0 aliphatic rings. The van der Waals surface area contributed by atoms with E-state index in [1.807, 2.05) is 13.8 Å². The van der Waals surface area contributed by atoms with Crippen molar-refractivity contribution in [1.29, 1.82) is 0 Å². The van der Waals surface area contributed by atoms with E-state index in [9.17, 15) is 4.57 Å². The van der Waals surface area contributed by atoms with E-state index in [2.05, 4.69) is 6.92 Å². The zero-order chi connectivity index (χ0) is 9.45. The minimum absolute atomic E-state index is 0.486. The third-order valence-electron chi connectivity index (χ3n) is 2.12. The molecule has 0 fully saturated rings. The lowest BCUT2D eigenvalue weighted by Gasteiger charge is -2.13. The minimum Gasteiger partial charge on any atom is -0.374 e. The van der Waals surface area contributed by atoms with Crippen LogP contribution in [-0.2, 0) is 9.30 Å². The van der Waals surface area contributed by atoms with Gasteiger partial charge < -0.3 is 9.30 Å². The smallest absolute Gasteiger partial charge is 0.111 e. The van der Waals surface area contributed by atoms with Crippen LogP contribution in [0.2, 0.25) is 0 Å². The SMILES string of the molecule is CCCCOCP(=O)(CC)CC. The highest BCUT2D eigenvalue weighted by Crippen LogP contribution is 2.44. The van der Waals surface area contributed by atoms with E-state index >= 15 is 0 Å². The number of unbranched alkanes of at least 4 members (excludes halogenated alkanes) is 1. The third kappa shape index (κ3) is 4.95. The van der Waals surface area contributed by atoms with Crippen LogP contribution in [0.4, 0.5) is 0 Å². The second kappa shape index (κ2) is 6.68. The average Bonchev–Trinajstić information content (AvgIpc) is 2.12. The molecule has 2 nitrogen and oxygen atoms in total. The zero-order valence-corrected chi connectivity index (χ0v) is 9.40. The Morgan fingerprint density at radius 1 is 1.17 bits per heavy atom. The van der Waals surface area contributed by atoms with Crippen molar-refractivity contribution in [3.8, 4) is 0 Å². The molecule has 0 bridgehead atoms. The quantitative estimate of drug-likeness (QED) is 0.457. The van der Waals surface area contributed by atoms with Crippen LogP contribution in [0, 0.1) is 0 Å². The van der Waals surface area contributed by atoms with E-state index < -0.39 is 7.14 Å². The summed E-state index contributed by atoms with van der Waals surface area (Å²) in [4.78, 5) is 0. The Morgan fingerprint density at radius 2 is 1.75 bits per heavy atom. The normalized spacial score (nSPS) is 11.9. The molecule has 0 aromatic rings. The van der Waals surface area contributed by atoms with Crippen molar-refractivity contribution < 1.29 is 9.30 Å². The lowest BCUT2D eigenvalue weighted by molar-refractivity contribution is 0.172. The van der Waals surface area contributed by atoms with Crippen molar-refractivity contribution >= 4 is 7.14 Å². The highest BCUT2D eigenvalue weighted by molar-refractivity contribution is 7.63. The van der Waals surface area contributed by atoms with Crippen LogP contribution in [0.5, 0.6) is 0 Å². The van der Waals surface area contributed by atoms with Gasteiger partial charge in [0.1, 0.15) is 7.14 Å². The Hall–Kier alpha value is 0.190. The fourth-order valence-corrected chi connectivity index (χ4v) is 2.16. The molecule has 0 heterocycles. The summed E-state index contributed by atoms with van der Waals surface area (Å²) in [6.45, 7) is 6.85. The molecule has 0 rings (SSSR count). The van der Waals surface area contributed by atoms with Gasteiger partial charge in [0.2, 0.25) is 0 Å². The van der Waals surface area contributed by atoms with E-state index in [-0.39, 0.29) is 0 Å². The van der Waals surface area contributed by atoms with Gasteiger partial charge in [0, 0.05) is 18.9 Å². The van der Waals surface area contributed by atoms with E-state index in [1.165, 1.54) is 0 Å². The maximum Gasteiger partial charge on any atom is 0.111 e. The van der Waals surface area contributed by atoms with Crippen molar-refractivity contribution in [2.45, 2.75) is 33.6 Å². The van der Waals surface area contributed by atoms with Crippen LogP contribution >= 0.6 is 7.14 Å². The Morgan fingerprint density at radius 3 is 2.17 bits per heavy atom. The van der Waals surface area contributed by atoms with Gasteiger partial charge in [-0.2, -0.15) is 0 Å². The molecule has 0 amide bonds. The summed E-state index contributed by atoms with van der Waals surface area (Å²) < 4.78 is 17.1. The molecule has 0 aromatic carbocycles. The van der Waals surface area contributed by atoms with Gasteiger partial charge in [-0.1, -0.05) is 27.2 Å². The highest BCUT2D eigenvalue weighted by Gasteiger charge is 2.16. The molecule has 0 unspecified atom stereocenters. The zero-order valence-electron chi connectivity index (χ0n) is 8.51. The van der Waals surface area contributed by atoms with E-state index in [0.717, 1.165) is 31.8 Å². The molecular weight excluding hydrogens is 171 g/mol. The first-order valence-corrected chi connectivity index (χ1v) is 7.09. The van der Waals surface area contributed by atoms with Crippen LogP contribution in [0.1, 0.15) is 33.6 Å². The first-order valence-electron chi connectivity index (χ1n) is 4.83. The average molecular weight is 192 g/mol. The summed E-state index contributed by atoms with van der Waals surface area (Å²) in [5, 5.41) is 0. The van der Waals surface area contributed by atoms with Crippen LogP contribution in [0.25, 0.3) is 0 Å². The molecule has 0 saturated heterocycles. The molecule has 3 heteroatoms. The third-order valence-corrected chi connectivity index (χ3v) is 5.08. The largest absolute Gasteiger partial charge is 0.374 e. The molecule has 0 aliphatic carbocycles. The van der Waals surface area contributed by atoms with Crippen LogP contribution in [0.15, 0.2) is 0 Å². The van der Waals surface area contributed by atoms with Gasteiger partial charge >= 0.3 is 0 Å². The monoisotopic (exact) mass is 192 g/mol. The fourth-order valence-electron chi connectivity index (χ4n) is 0.883. The summed E-state index contributed by atoms with van der Waals surface area (Å²) in [7, 11) is -1.94. The molecule has 0 spiro atoms. The lowest BCUT2D eigenvalue weighted by Crippen LogP contribution is -2.01. The highest BCUT2D eigenvalue weighted by atomic mass is 31.2. The molecule has 0 radical (unpaired) electrons. The van der Waals surface area contributed by atoms with Crippen molar-refractivity contribution in [2.75, 3.05) is 25.3 Å². The topological polar surface area (TPSA) is 26.3 Å². The van der Waals surface area contributed by atoms with Crippen molar-refractivity contribution in [3.05, 3.63) is 0 Å². The summed E-state index contributed by atoms with van der Waals surface area (Å²) in [6, 6.07) is 0. The van der Waals surface area contributed by atoms with Crippen LogP contribution < -0.4 is 0 Å². The Kier molecular flexibility index (Phi) is 6.78. The van der Waals surface area contributed by atoms with Crippen molar-refractivity contribution in [1.82, 2.24) is 0 Å². The van der Waals surface area contributed by atoms with Crippen LogP contribution in [-0.4, -0.2) is 25.3 Å². The first-order chi connectivity index (χ1) is 5.68. The summed E-state index contributed by atoms with van der Waals surface area (Å²) in [5.74, 6) is 0. The maximum atomic E-state index is 11.8. The Labute approximate surface area is 76.1 Å². The predicted octanol–water partition coefficient (Wildman–Crippen LogP) is 3.16. The van der Waals surface area contributed by atoms with Gasteiger partial charge in [-0.05, 0) is 6.42 Å². The van der Waals surface area contributed by atoms with Gasteiger partial charge in [-0.25, -0.2) is 0 Å². The Bertz CT molecular complexity index is 137. The summed E-state index contributed by atoms with van der Waals surface area (Å²) in [6.07, 6.45) is 4.25. The number of rotatable bonds is 7. The molecule has 0 N–H and O–H groups in total. The van der Waals surface area contributed by atoms with Gasteiger partial charge in [0.15, 0.2) is 0 Å². The Balaban J connectivity index is 3.52. The molecular formula is C9H21O2P. The summed E-state index contributed by atoms with van der Waals surface area (Å²) in [5.41, 5.74) is 0. The van der Waals surface area contributed by atoms with Gasteiger partial charge in [-0.15, -0.1) is 0 Å². The molecule has 74 valence electrons. The van der Waals surface area contributed by atoms with E-state index in [4.69, 9.17) is 4.74 Å². The second-order valence-corrected chi connectivity index (χ2v) is 6.72. The maximum absolute atomic E-state index is 11.8. The number of ether oxygens (including phenoxy) is 1. The van der Waals surface area contributed by atoms with Crippen molar-refractivity contribution in [3.63, 3.8) is 0 Å². The predicted molar refractivity (Wildman–Crippen MR) is 54.4 cm³/mol. The molecule has 0 atom stereocenters. The number of hydrogen-bond donors (Lipinski definition) is 0. The lowest BCUT2D eigenvalue weighted by atomic mass is 10.4. The van der Waals surface area contributed by atoms with E-state index in [0.29, 0.717) is 6.35 Å². The second-order valence-electron chi connectivity index (χ2n) is 3.08. The molecule has 0 saturated carbocycles. The number of hydrogen-bond acceptors (Lipinski definition) is 2. The molecule has 12 heavy (non-hydrogen) atoms. The standard InChI is InChI=1S/C9H21O2P/c1-4-7-8-11-9-12(10,5-2)6-3/h4-9H2,1-3H3. The molecule has 0 aliphatic heterocycles. The molecule has 0 aromatic heterocycles. The minimum atomic E-state index is -1.94. The summed E-state index contributed by atoms with van der Waals surface area (Å²) >= 11 is 0. The first kappa shape index (κ1) is 12.2. The van der Waals surface area contributed by atoms with Crippen molar-refractivity contribution in [2.24, 2.45) is 0 Å². The van der Waals surface area contributed by atoms with Gasteiger partial charge in [0.05, 0.1) is 6.35 Å². The van der Waals surface area contributed by atoms with Gasteiger partial charge in [-0.3, -0.25) is 0 Å². The van der Waals surface area contributed by atoms with Gasteiger partial charge in [0.25, 0.3) is 0 Å². The van der Waals surface area contributed by atoms with E-state index in [1.54, 1.807) is 0 Å².